The van der Waals surface area contributed by atoms with Gasteiger partial charge in [-0.25, -0.2) is 15.0 Å². The Bertz CT molecular complexity index is 816. The molecule has 0 aliphatic carbocycles. The number of carboxylic acid groups (broad SMARTS) is 1. The second-order valence-electron chi connectivity index (χ2n) is 5.74. The number of amides is 2. The van der Waals surface area contributed by atoms with Crippen molar-refractivity contribution in [1.82, 2.24) is 5.43 Å². The van der Waals surface area contributed by atoms with Crippen LogP contribution in [0.5, 0.6) is 5.75 Å². The van der Waals surface area contributed by atoms with E-state index in [9.17, 15) is 9.59 Å². The van der Waals surface area contributed by atoms with Crippen LogP contribution < -0.4 is 15.5 Å². The fourth-order valence-electron chi connectivity index (χ4n) is 2.09. The van der Waals surface area contributed by atoms with Gasteiger partial charge in [-0.3, -0.25) is 0 Å². The predicted molar refractivity (Wildman–Crippen MR) is 99.8 cm³/mol. The van der Waals surface area contributed by atoms with Gasteiger partial charge < -0.3 is 15.2 Å². The molecule has 7 nitrogen and oxygen atoms in total. The van der Waals surface area contributed by atoms with Crippen LogP contribution in [0.3, 0.4) is 0 Å². The zero-order chi connectivity index (χ0) is 19.1. The van der Waals surface area contributed by atoms with Crippen LogP contribution in [0.2, 0.25) is 0 Å². The molecule has 0 aliphatic rings. The van der Waals surface area contributed by atoms with Crippen molar-refractivity contribution in [2.24, 2.45) is 5.10 Å². The van der Waals surface area contributed by atoms with Gasteiger partial charge in [0.1, 0.15) is 5.75 Å². The summed E-state index contributed by atoms with van der Waals surface area (Å²) in [6, 6.07) is 11.9. The Hall–Kier alpha value is -3.35. The highest BCUT2D eigenvalue weighted by molar-refractivity contribution is 5.91. The molecule has 3 N–H and O–H groups in total. The van der Waals surface area contributed by atoms with Crippen LogP contribution in [-0.4, -0.2) is 29.4 Å². The van der Waals surface area contributed by atoms with Gasteiger partial charge in [0.05, 0.1) is 6.21 Å². The van der Waals surface area contributed by atoms with Gasteiger partial charge in [0, 0.05) is 5.69 Å². The van der Waals surface area contributed by atoms with Crippen molar-refractivity contribution in [2.45, 2.75) is 26.9 Å². The van der Waals surface area contributed by atoms with Gasteiger partial charge in [-0.2, -0.15) is 5.10 Å². The molecule has 2 rings (SSSR count). The zero-order valence-corrected chi connectivity index (χ0v) is 14.8. The van der Waals surface area contributed by atoms with E-state index in [1.54, 1.807) is 24.3 Å². The van der Waals surface area contributed by atoms with Crippen molar-refractivity contribution in [2.75, 3.05) is 5.32 Å². The molecule has 2 aromatic rings. The van der Waals surface area contributed by atoms with E-state index in [0.717, 1.165) is 22.4 Å². The fraction of sp³-hybridized carbons (Fsp3) is 0.211. The number of hydrogen-bond donors (Lipinski definition) is 3. The number of anilines is 1. The molecular weight excluding hydrogens is 334 g/mol. The van der Waals surface area contributed by atoms with Crippen molar-refractivity contribution in [1.29, 1.82) is 0 Å². The minimum atomic E-state index is -1.03. The quantitative estimate of drug-likeness (QED) is 0.547. The molecule has 7 heteroatoms. The molecule has 136 valence electrons. The molecule has 0 fully saturated rings. The Kier molecular flexibility index (Phi) is 6.32. The van der Waals surface area contributed by atoms with Crippen LogP contribution in [-0.2, 0) is 4.79 Å². The van der Waals surface area contributed by atoms with Crippen LogP contribution >= 0.6 is 0 Å². The second kappa shape index (κ2) is 8.66. The molecule has 0 radical (unpaired) electrons. The number of urea groups is 1. The normalized spacial score (nSPS) is 11.8. The molecule has 2 amide bonds. The molecule has 0 bridgehead atoms. The van der Waals surface area contributed by atoms with Gasteiger partial charge in [0.2, 0.25) is 0 Å². The van der Waals surface area contributed by atoms with Crippen LogP contribution in [0.25, 0.3) is 0 Å². The number of aliphatic carboxylic acids is 1. The molecule has 0 aliphatic heterocycles. The maximum atomic E-state index is 11.9. The number of nitrogens with one attached hydrogen (secondary N) is 2. The average molecular weight is 355 g/mol. The third-order valence-electron chi connectivity index (χ3n) is 3.77. The van der Waals surface area contributed by atoms with E-state index >= 15 is 0 Å². The summed E-state index contributed by atoms with van der Waals surface area (Å²) in [7, 11) is 0. The number of benzene rings is 2. The molecule has 26 heavy (non-hydrogen) atoms. The minimum Gasteiger partial charge on any atom is -0.479 e. The third kappa shape index (κ3) is 5.34. The molecule has 0 spiro atoms. The Labute approximate surface area is 151 Å². The fourth-order valence-corrected chi connectivity index (χ4v) is 2.09. The summed E-state index contributed by atoms with van der Waals surface area (Å²) in [6.45, 7) is 5.36. The summed E-state index contributed by atoms with van der Waals surface area (Å²) in [5.41, 5.74) is 5.94. The van der Waals surface area contributed by atoms with Gasteiger partial charge in [0.25, 0.3) is 0 Å². The van der Waals surface area contributed by atoms with Gasteiger partial charge in [-0.15, -0.1) is 0 Å². The number of aryl methyl sites for hydroxylation is 1. The molecule has 0 unspecified atom stereocenters. The zero-order valence-electron chi connectivity index (χ0n) is 14.8. The molecular formula is C19H21N3O4. The van der Waals surface area contributed by atoms with E-state index in [1.165, 1.54) is 13.1 Å². The van der Waals surface area contributed by atoms with Crippen molar-refractivity contribution in [3.05, 3.63) is 59.2 Å². The summed E-state index contributed by atoms with van der Waals surface area (Å²) >= 11 is 0. The lowest BCUT2D eigenvalue weighted by Gasteiger charge is -2.10. The molecule has 0 aromatic heterocycles. The van der Waals surface area contributed by atoms with Crippen LogP contribution in [0.4, 0.5) is 10.5 Å². The number of rotatable bonds is 6. The summed E-state index contributed by atoms with van der Waals surface area (Å²) in [4.78, 5) is 22.6. The van der Waals surface area contributed by atoms with Gasteiger partial charge in [-0.05, 0) is 67.8 Å². The van der Waals surface area contributed by atoms with E-state index < -0.39 is 18.1 Å². The maximum Gasteiger partial charge on any atom is 0.344 e. The van der Waals surface area contributed by atoms with E-state index in [4.69, 9.17) is 9.84 Å². The highest BCUT2D eigenvalue weighted by Crippen LogP contribution is 2.17. The summed E-state index contributed by atoms with van der Waals surface area (Å²) in [5.74, 6) is -0.590. The van der Waals surface area contributed by atoms with Crippen LogP contribution in [0, 0.1) is 13.8 Å². The Morgan fingerprint density at radius 1 is 1.15 bits per heavy atom. The summed E-state index contributed by atoms with van der Waals surface area (Å²) in [6.07, 6.45) is 0.553. The van der Waals surface area contributed by atoms with Crippen LogP contribution in [0.1, 0.15) is 23.6 Å². The minimum absolute atomic E-state index is 0.440. The first kappa shape index (κ1) is 19.0. The van der Waals surface area contributed by atoms with Crippen molar-refractivity contribution in [3.8, 4) is 5.75 Å². The molecule has 0 saturated carbocycles. The summed E-state index contributed by atoms with van der Waals surface area (Å²) < 4.78 is 5.24. The first-order valence-corrected chi connectivity index (χ1v) is 8.02. The molecule has 1 atom stereocenters. The number of hydrazone groups is 1. The maximum absolute atomic E-state index is 11.9. The highest BCUT2D eigenvalue weighted by atomic mass is 16.5. The molecule has 0 saturated heterocycles. The monoisotopic (exact) mass is 355 g/mol. The van der Waals surface area contributed by atoms with Gasteiger partial charge in [0.15, 0.2) is 6.10 Å². The SMILES string of the molecule is Cc1cccc(NC(=O)N/N=C/c2ccc(O[C@H](C)C(=O)O)cc2)c1C. The van der Waals surface area contributed by atoms with Crippen molar-refractivity contribution < 1.29 is 19.4 Å². The number of carbonyl (C=O) groups is 2. The van der Waals surface area contributed by atoms with E-state index in [2.05, 4.69) is 15.8 Å². The van der Waals surface area contributed by atoms with Crippen molar-refractivity contribution in [3.63, 3.8) is 0 Å². The number of carbonyl (C=O) groups excluding carboxylic acids is 1. The molecule has 2 aromatic carbocycles. The number of hydrogen-bond acceptors (Lipinski definition) is 4. The smallest absolute Gasteiger partial charge is 0.344 e. The molecule has 0 heterocycles. The number of ether oxygens (including phenoxy) is 1. The topological polar surface area (TPSA) is 100 Å². The highest BCUT2D eigenvalue weighted by Gasteiger charge is 2.11. The predicted octanol–water partition coefficient (Wildman–Crippen LogP) is 3.31. The Morgan fingerprint density at radius 3 is 2.50 bits per heavy atom. The lowest BCUT2D eigenvalue weighted by molar-refractivity contribution is -0.144. The summed E-state index contributed by atoms with van der Waals surface area (Å²) in [5, 5.41) is 15.4. The van der Waals surface area contributed by atoms with E-state index in [-0.39, 0.29) is 0 Å². The van der Waals surface area contributed by atoms with E-state index in [0.29, 0.717) is 5.75 Å². The Balaban J connectivity index is 1.88. The van der Waals surface area contributed by atoms with Crippen molar-refractivity contribution >= 4 is 23.9 Å². The first-order valence-electron chi connectivity index (χ1n) is 8.02. The number of nitrogens with zero attached hydrogens (tertiary/aromatic N) is 1. The standard InChI is InChI=1S/C19H21N3O4/c1-12-5-4-6-17(13(12)2)21-19(25)22-20-11-15-7-9-16(10-8-15)26-14(3)18(23)24/h4-11,14H,1-3H3,(H,23,24)(H2,21,22,25)/b20-11+/t14-/m1/s1. The van der Waals surface area contributed by atoms with Gasteiger partial charge in [-0.1, -0.05) is 12.1 Å². The van der Waals surface area contributed by atoms with E-state index in [1.807, 2.05) is 32.0 Å². The largest absolute Gasteiger partial charge is 0.479 e. The third-order valence-corrected chi connectivity index (χ3v) is 3.77. The lowest BCUT2D eigenvalue weighted by atomic mass is 10.1. The second-order valence-corrected chi connectivity index (χ2v) is 5.74. The van der Waals surface area contributed by atoms with Gasteiger partial charge >= 0.3 is 12.0 Å². The number of carboxylic acids is 1. The lowest BCUT2D eigenvalue weighted by Crippen LogP contribution is -2.24. The van der Waals surface area contributed by atoms with Crippen LogP contribution in [0.15, 0.2) is 47.6 Å². The average Bonchev–Trinajstić information content (AvgIpc) is 2.60. The Morgan fingerprint density at radius 2 is 1.85 bits per heavy atom. The first-order chi connectivity index (χ1) is 12.4.